The molecule has 0 aromatic heterocycles. The van der Waals surface area contributed by atoms with Crippen LogP contribution in [0.25, 0.3) is 11.1 Å². The number of halogens is 3. The summed E-state index contributed by atoms with van der Waals surface area (Å²) >= 11 is 1.51. The minimum Gasteiger partial charge on any atom is -0.308 e. The van der Waals surface area contributed by atoms with Crippen LogP contribution in [0.4, 0.5) is 30.2 Å². The van der Waals surface area contributed by atoms with Crippen molar-refractivity contribution in [1.82, 2.24) is 0 Å². The highest BCUT2D eigenvalue weighted by Gasteiger charge is 2.40. The molecule has 6 rings (SSSR count). The number of rotatable bonds is 1. The van der Waals surface area contributed by atoms with E-state index < -0.39 is 11.7 Å². The lowest BCUT2D eigenvalue weighted by Crippen LogP contribution is -2.22. The minimum absolute atomic E-state index is 0.288. The van der Waals surface area contributed by atoms with E-state index in [9.17, 15) is 13.2 Å². The maximum Gasteiger partial charge on any atom is 0.416 e. The summed E-state index contributed by atoms with van der Waals surface area (Å²) in [5.74, 6) is 0. The Balaban J connectivity index is 1.66. The molecule has 4 aromatic carbocycles. The van der Waals surface area contributed by atoms with Crippen LogP contribution in [0.3, 0.4) is 0 Å². The number of nitrogens with zero attached hydrogens (tertiary/aromatic N) is 1. The molecule has 0 amide bonds. The molecule has 5 heteroatoms. The van der Waals surface area contributed by atoms with Gasteiger partial charge in [-0.1, -0.05) is 74.1 Å². The Hall–Kier alpha value is -3.18. The fourth-order valence-corrected chi connectivity index (χ4v) is 6.23. The fourth-order valence-electron chi connectivity index (χ4n) is 5.20. The van der Waals surface area contributed by atoms with Gasteiger partial charge in [-0.3, -0.25) is 0 Å². The molecule has 0 bridgehead atoms. The molecule has 0 radical (unpaired) electrons. The number of fused-ring (bicyclic) bond motifs is 5. The summed E-state index contributed by atoms with van der Waals surface area (Å²) in [6.07, 6.45) is -4.41. The van der Waals surface area contributed by atoms with Gasteiger partial charge in [0.25, 0.3) is 0 Å². The molecule has 0 fully saturated rings. The van der Waals surface area contributed by atoms with E-state index in [0.717, 1.165) is 32.3 Å². The van der Waals surface area contributed by atoms with Crippen molar-refractivity contribution in [1.29, 1.82) is 0 Å². The van der Waals surface area contributed by atoms with Crippen molar-refractivity contribution in [3.05, 3.63) is 102 Å². The average molecular weight is 460 g/mol. The first-order chi connectivity index (χ1) is 15.8. The normalized spacial score (nSPS) is 15.5. The first-order valence-electron chi connectivity index (χ1n) is 10.8. The summed E-state index contributed by atoms with van der Waals surface area (Å²) in [5.41, 5.74) is 6.14. The van der Waals surface area contributed by atoms with E-state index in [4.69, 9.17) is 0 Å². The number of para-hydroxylation sites is 1. The highest BCUT2D eigenvalue weighted by molar-refractivity contribution is 7.99. The van der Waals surface area contributed by atoms with Crippen LogP contribution >= 0.6 is 11.8 Å². The number of alkyl halides is 3. The van der Waals surface area contributed by atoms with Crippen LogP contribution in [0, 0.1) is 0 Å². The van der Waals surface area contributed by atoms with Gasteiger partial charge < -0.3 is 4.90 Å². The van der Waals surface area contributed by atoms with Gasteiger partial charge in [-0.2, -0.15) is 13.2 Å². The Bertz CT molecular complexity index is 1420. The summed E-state index contributed by atoms with van der Waals surface area (Å²) in [7, 11) is 0. The predicted octanol–water partition coefficient (Wildman–Crippen LogP) is 8.95. The quantitative estimate of drug-likeness (QED) is 0.246. The highest BCUT2D eigenvalue weighted by atomic mass is 32.2. The van der Waals surface area contributed by atoms with E-state index in [1.165, 1.54) is 35.0 Å². The second-order valence-corrected chi connectivity index (χ2v) is 10.0. The highest BCUT2D eigenvalue weighted by Crippen LogP contribution is 2.58. The largest absolute Gasteiger partial charge is 0.416 e. The van der Waals surface area contributed by atoms with E-state index in [-0.39, 0.29) is 5.41 Å². The summed E-state index contributed by atoms with van der Waals surface area (Å²) in [6.45, 7) is 4.39. The minimum atomic E-state index is -4.41. The third kappa shape index (κ3) is 2.95. The number of anilines is 3. The molecule has 1 aliphatic carbocycles. The summed E-state index contributed by atoms with van der Waals surface area (Å²) in [6, 6.07) is 26.5. The van der Waals surface area contributed by atoms with Gasteiger partial charge in [0.1, 0.15) is 0 Å². The molecule has 0 N–H and O–H groups in total. The van der Waals surface area contributed by atoms with Crippen LogP contribution < -0.4 is 4.90 Å². The van der Waals surface area contributed by atoms with Crippen molar-refractivity contribution in [2.24, 2.45) is 0 Å². The zero-order chi connectivity index (χ0) is 23.0. The Morgan fingerprint density at radius 3 is 2.18 bits per heavy atom. The molecule has 2 aliphatic rings. The van der Waals surface area contributed by atoms with Crippen LogP contribution in [0.15, 0.2) is 94.7 Å². The van der Waals surface area contributed by atoms with E-state index in [1.807, 2.05) is 53.4 Å². The summed E-state index contributed by atoms with van der Waals surface area (Å²) in [4.78, 5) is 3.85. The molecule has 0 unspecified atom stereocenters. The molecule has 0 saturated carbocycles. The number of hydrogen-bond donors (Lipinski definition) is 0. The topological polar surface area (TPSA) is 3.24 Å². The second kappa shape index (κ2) is 6.91. The fraction of sp³-hybridized carbons (Fsp3) is 0.143. The van der Waals surface area contributed by atoms with Gasteiger partial charge in [-0.05, 0) is 58.7 Å². The van der Waals surface area contributed by atoms with E-state index >= 15 is 0 Å². The van der Waals surface area contributed by atoms with E-state index in [0.29, 0.717) is 5.69 Å². The van der Waals surface area contributed by atoms with Crippen LogP contribution in [-0.4, -0.2) is 0 Å². The average Bonchev–Trinajstić information content (AvgIpc) is 3.04. The smallest absolute Gasteiger partial charge is 0.308 e. The lowest BCUT2D eigenvalue weighted by Gasteiger charge is -2.36. The predicted molar refractivity (Wildman–Crippen MR) is 128 cm³/mol. The van der Waals surface area contributed by atoms with Gasteiger partial charge in [0.2, 0.25) is 0 Å². The lowest BCUT2D eigenvalue weighted by molar-refractivity contribution is -0.137. The van der Waals surface area contributed by atoms with Gasteiger partial charge >= 0.3 is 6.18 Å². The van der Waals surface area contributed by atoms with Crippen LogP contribution in [0.5, 0.6) is 0 Å². The van der Waals surface area contributed by atoms with E-state index in [1.54, 1.807) is 6.07 Å². The summed E-state index contributed by atoms with van der Waals surface area (Å²) < 4.78 is 41.0. The first-order valence-corrected chi connectivity index (χ1v) is 11.6. The number of benzene rings is 4. The monoisotopic (exact) mass is 459 g/mol. The third-order valence-electron chi connectivity index (χ3n) is 6.65. The van der Waals surface area contributed by atoms with Gasteiger partial charge in [0.15, 0.2) is 0 Å². The van der Waals surface area contributed by atoms with Crippen molar-refractivity contribution in [2.45, 2.75) is 35.2 Å². The molecule has 0 atom stereocenters. The molecule has 0 saturated heterocycles. The molecule has 164 valence electrons. The summed E-state index contributed by atoms with van der Waals surface area (Å²) in [5, 5.41) is 0. The Morgan fingerprint density at radius 2 is 1.36 bits per heavy atom. The molecule has 4 aromatic rings. The third-order valence-corrected chi connectivity index (χ3v) is 7.78. The van der Waals surface area contributed by atoms with E-state index in [2.05, 4.69) is 32.0 Å². The van der Waals surface area contributed by atoms with Crippen molar-refractivity contribution in [3.63, 3.8) is 0 Å². The SMILES string of the molecule is CC1(C)c2ccccc2-c2cccc(N3c4ccccc4Sc4ccc(C(F)(F)F)cc43)c21. The van der Waals surface area contributed by atoms with Crippen LogP contribution in [0.1, 0.15) is 30.5 Å². The van der Waals surface area contributed by atoms with Gasteiger partial charge in [0.05, 0.1) is 22.6 Å². The van der Waals surface area contributed by atoms with Gasteiger partial charge in [0, 0.05) is 15.2 Å². The van der Waals surface area contributed by atoms with Crippen molar-refractivity contribution < 1.29 is 13.2 Å². The Labute approximate surface area is 194 Å². The molecule has 1 aliphatic heterocycles. The second-order valence-electron chi connectivity index (χ2n) is 8.96. The van der Waals surface area contributed by atoms with Crippen LogP contribution in [-0.2, 0) is 11.6 Å². The van der Waals surface area contributed by atoms with Gasteiger partial charge in [-0.15, -0.1) is 0 Å². The van der Waals surface area contributed by atoms with Crippen molar-refractivity contribution >= 4 is 28.8 Å². The Kier molecular flexibility index (Phi) is 4.28. The maximum atomic E-state index is 13.7. The molecular formula is C28H20F3NS. The van der Waals surface area contributed by atoms with Crippen LogP contribution in [0.2, 0.25) is 0 Å². The van der Waals surface area contributed by atoms with Gasteiger partial charge in [-0.25, -0.2) is 0 Å². The standard InChI is InChI=1S/C28H20F3NS/c1-27(2)20-10-4-3-8-18(20)19-9-7-12-22(26(19)27)32-21-11-5-6-13-24(21)33-25-15-14-17(16-23(25)32)28(29,30)31/h3-16H,1-2H3. The first kappa shape index (κ1) is 20.4. The molecule has 1 nitrogen and oxygen atoms in total. The Morgan fingerprint density at radius 1 is 0.697 bits per heavy atom. The molecule has 0 spiro atoms. The molecule has 1 heterocycles. The molecular weight excluding hydrogens is 439 g/mol. The zero-order valence-electron chi connectivity index (χ0n) is 18.1. The van der Waals surface area contributed by atoms with Crippen molar-refractivity contribution in [2.75, 3.05) is 4.90 Å². The molecule has 33 heavy (non-hydrogen) atoms. The maximum absolute atomic E-state index is 13.7. The van der Waals surface area contributed by atoms with Crippen molar-refractivity contribution in [3.8, 4) is 11.1 Å². The number of hydrogen-bond acceptors (Lipinski definition) is 2. The lowest BCUT2D eigenvalue weighted by atomic mass is 9.81. The zero-order valence-corrected chi connectivity index (χ0v) is 18.9.